The highest BCUT2D eigenvalue weighted by Gasteiger charge is 2.44. The van der Waals surface area contributed by atoms with Crippen LogP contribution in [-0.2, 0) is 32.2 Å². The summed E-state index contributed by atoms with van der Waals surface area (Å²) in [5.74, 6) is -1.98. The van der Waals surface area contributed by atoms with E-state index in [1.54, 1.807) is 26.2 Å². The highest BCUT2D eigenvalue weighted by molar-refractivity contribution is 7.10. The number of rotatable bonds is 10. The number of morpholine rings is 1. The van der Waals surface area contributed by atoms with Crippen molar-refractivity contribution < 1.29 is 33.4 Å². The molecule has 1 unspecified atom stereocenters. The maximum Gasteiger partial charge on any atom is 0.306 e. The van der Waals surface area contributed by atoms with Gasteiger partial charge in [-0.1, -0.05) is 12.1 Å². The SMILES string of the molecule is CC(C)(C)OC(=O)CCC(C(N)=O)N1C(=O)c2csc(COc3ccc(CN4CCOCC4)cc3)c2C1=O. The molecule has 2 N–H and O–H groups in total. The number of esters is 1. The normalized spacial score (nSPS) is 16.9. The Kier molecular flexibility index (Phi) is 8.49. The molecule has 0 aliphatic carbocycles. The van der Waals surface area contributed by atoms with Crippen LogP contribution in [0.3, 0.4) is 0 Å². The number of fused-ring (bicyclic) bond motifs is 1. The number of ether oxygens (including phenoxy) is 3. The predicted octanol–water partition coefficient (Wildman–Crippen LogP) is 2.73. The van der Waals surface area contributed by atoms with Crippen LogP contribution >= 0.6 is 11.3 Å². The van der Waals surface area contributed by atoms with Crippen LogP contribution < -0.4 is 10.5 Å². The average molecular weight is 544 g/mol. The third-order valence-corrected chi connectivity index (χ3v) is 7.19. The molecule has 10 nitrogen and oxygen atoms in total. The third kappa shape index (κ3) is 6.58. The maximum absolute atomic E-state index is 13.3. The second-order valence-corrected chi connectivity index (χ2v) is 11.3. The summed E-state index contributed by atoms with van der Waals surface area (Å²) in [6, 6.07) is 6.50. The first-order valence-corrected chi connectivity index (χ1v) is 13.4. The molecule has 1 fully saturated rings. The van der Waals surface area contributed by atoms with Crippen LogP contribution in [0.25, 0.3) is 0 Å². The lowest BCUT2D eigenvalue weighted by Gasteiger charge is -2.26. The van der Waals surface area contributed by atoms with Gasteiger partial charge in [0.1, 0.15) is 24.0 Å². The van der Waals surface area contributed by atoms with Crippen molar-refractivity contribution in [3.05, 3.63) is 51.2 Å². The lowest BCUT2D eigenvalue weighted by Crippen LogP contribution is -2.48. The molecule has 3 amide bonds. The zero-order valence-electron chi connectivity index (χ0n) is 21.9. The Labute approximate surface area is 225 Å². The average Bonchev–Trinajstić information content (AvgIpc) is 3.38. The molecule has 0 radical (unpaired) electrons. The fraction of sp³-hybridized carbons (Fsp3) is 0.481. The van der Waals surface area contributed by atoms with E-state index in [0.717, 1.165) is 43.3 Å². The fourth-order valence-corrected chi connectivity index (χ4v) is 5.35. The number of hydrogen-bond acceptors (Lipinski definition) is 9. The standard InChI is InChI=1S/C27H33N3O7S/c1-27(2,3)37-22(31)9-8-20(24(28)32)30-25(33)19-16-38-21(23(19)26(30)34)15-36-18-6-4-17(5-7-18)14-29-10-12-35-13-11-29/h4-7,16,20H,8-15H2,1-3H3,(H2,28,32). The third-order valence-electron chi connectivity index (χ3n) is 6.23. The zero-order chi connectivity index (χ0) is 27.4. The summed E-state index contributed by atoms with van der Waals surface area (Å²) in [5, 5.41) is 1.59. The van der Waals surface area contributed by atoms with Crippen molar-refractivity contribution in [2.24, 2.45) is 5.73 Å². The molecule has 1 aromatic carbocycles. The van der Waals surface area contributed by atoms with Crippen LogP contribution in [0.15, 0.2) is 29.6 Å². The van der Waals surface area contributed by atoms with Crippen molar-refractivity contribution in [2.75, 3.05) is 26.3 Å². The van der Waals surface area contributed by atoms with E-state index in [4.69, 9.17) is 19.9 Å². The van der Waals surface area contributed by atoms with Gasteiger partial charge in [-0.05, 0) is 44.9 Å². The van der Waals surface area contributed by atoms with Crippen LogP contribution in [0.4, 0.5) is 0 Å². The van der Waals surface area contributed by atoms with Gasteiger partial charge in [0, 0.05) is 31.4 Å². The van der Waals surface area contributed by atoms with E-state index in [0.29, 0.717) is 10.6 Å². The molecule has 0 saturated carbocycles. The summed E-state index contributed by atoms with van der Waals surface area (Å²) in [7, 11) is 0. The second kappa shape index (κ2) is 11.6. The van der Waals surface area contributed by atoms with Gasteiger partial charge in [0.2, 0.25) is 5.91 Å². The van der Waals surface area contributed by atoms with Crippen LogP contribution in [0.5, 0.6) is 5.75 Å². The molecule has 3 heterocycles. The minimum atomic E-state index is -1.26. The van der Waals surface area contributed by atoms with E-state index in [1.807, 2.05) is 24.3 Å². The molecule has 2 aliphatic heterocycles. The van der Waals surface area contributed by atoms with E-state index < -0.39 is 35.3 Å². The number of amides is 3. The summed E-state index contributed by atoms with van der Waals surface area (Å²) >= 11 is 1.25. The molecule has 0 bridgehead atoms. The molecule has 2 aliphatic rings. The first kappa shape index (κ1) is 27.7. The van der Waals surface area contributed by atoms with Crippen molar-refractivity contribution in [3.8, 4) is 5.75 Å². The van der Waals surface area contributed by atoms with Gasteiger partial charge in [0.25, 0.3) is 11.8 Å². The minimum absolute atomic E-state index is 0.0921. The predicted molar refractivity (Wildman–Crippen MR) is 140 cm³/mol. The molecule has 1 aromatic heterocycles. The van der Waals surface area contributed by atoms with Crippen molar-refractivity contribution >= 4 is 35.0 Å². The number of nitrogens with zero attached hydrogens (tertiary/aromatic N) is 2. The van der Waals surface area contributed by atoms with Gasteiger partial charge >= 0.3 is 5.97 Å². The van der Waals surface area contributed by atoms with Gasteiger partial charge in [-0.15, -0.1) is 11.3 Å². The number of nitrogens with two attached hydrogens (primary N) is 1. The number of carbonyl (C=O) groups excluding carboxylic acids is 4. The Morgan fingerprint density at radius 3 is 2.42 bits per heavy atom. The number of carbonyl (C=O) groups is 4. The molecule has 11 heteroatoms. The van der Waals surface area contributed by atoms with Gasteiger partial charge < -0.3 is 19.9 Å². The zero-order valence-corrected chi connectivity index (χ0v) is 22.7. The van der Waals surface area contributed by atoms with Crippen molar-refractivity contribution in [3.63, 3.8) is 0 Å². The number of imide groups is 1. The Morgan fingerprint density at radius 1 is 1.11 bits per heavy atom. The lowest BCUT2D eigenvalue weighted by atomic mass is 10.1. The Hall–Kier alpha value is -3.28. The fourth-order valence-electron chi connectivity index (χ4n) is 4.42. The molecule has 0 spiro atoms. The molecule has 2 aromatic rings. The van der Waals surface area contributed by atoms with Gasteiger partial charge in [-0.2, -0.15) is 0 Å². The Bertz CT molecular complexity index is 1200. The molecule has 1 atom stereocenters. The van der Waals surface area contributed by atoms with Gasteiger partial charge in [-0.25, -0.2) is 0 Å². The lowest BCUT2D eigenvalue weighted by molar-refractivity contribution is -0.155. The van der Waals surface area contributed by atoms with Gasteiger partial charge in [-0.3, -0.25) is 29.0 Å². The van der Waals surface area contributed by atoms with Crippen molar-refractivity contribution in [1.29, 1.82) is 0 Å². The highest BCUT2D eigenvalue weighted by atomic mass is 32.1. The number of benzene rings is 1. The second-order valence-electron chi connectivity index (χ2n) is 10.3. The summed E-state index contributed by atoms with van der Waals surface area (Å²) in [4.78, 5) is 54.4. The topological polar surface area (TPSA) is 128 Å². The summed E-state index contributed by atoms with van der Waals surface area (Å²) in [6.07, 6.45) is -0.273. The van der Waals surface area contributed by atoms with E-state index in [2.05, 4.69) is 4.90 Å². The van der Waals surface area contributed by atoms with E-state index in [-0.39, 0.29) is 30.6 Å². The van der Waals surface area contributed by atoms with Crippen LogP contribution in [0.1, 0.15) is 64.8 Å². The first-order chi connectivity index (χ1) is 18.0. The van der Waals surface area contributed by atoms with Gasteiger partial charge in [0.15, 0.2) is 0 Å². The monoisotopic (exact) mass is 543 g/mol. The number of hydrogen-bond donors (Lipinski definition) is 1. The number of primary amides is 1. The maximum atomic E-state index is 13.3. The van der Waals surface area contributed by atoms with Crippen LogP contribution in [0, 0.1) is 0 Å². The van der Waals surface area contributed by atoms with Crippen LogP contribution in [-0.4, -0.2) is 71.4 Å². The molecule has 1 saturated heterocycles. The smallest absolute Gasteiger partial charge is 0.306 e. The van der Waals surface area contributed by atoms with E-state index in [1.165, 1.54) is 11.3 Å². The van der Waals surface area contributed by atoms with Crippen molar-refractivity contribution in [1.82, 2.24) is 9.80 Å². The molecule has 204 valence electrons. The number of thiophene rings is 1. The summed E-state index contributed by atoms with van der Waals surface area (Å²) in [6.45, 7) is 9.41. The van der Waals surface area contributed by atoms with Gasteiger partial charge in [0.05, 0.1) is 29.2 Å². The molecular formula is C27H33N3O7S. The quantitative estimate of drug-likeness (QED) is 0.358. The Morgan fingerprint density at radius 2 is 1.79 bits per heavy atom. The molecular weight excluding hydrogens is 510 g/mol. The Balaban J connectivity index is 1.39. The summed E-state index contributed by atoms with van der Waals surface area (Å²) < 4.78 is 16.6. The van der Waals surface area contributed by atoms with E-state index >= 15 is 0 Å². The summed E-state index contributed by atoms with van der Waals surface area (Å²) in [5.41, 5.74) is 6.43. The first-order valence-electron chi connectivity index (χ1n) is 12.5. The van der Waals surface area contributed by atoms with E-state index in [9.17, 15) is 19.2 Å². The largest absolute Gasteiger partial charge is 0.488 e. The molecule has 38 heavy (non-hydrogen) atoms. The van der Waals surface area contributed by atoms with Crippen molar-refractivity contribution in [2.45, 2.75) is 58.4 Å². The molecule has 4 rings (SSSR count). The minimum Gasteiger partial charge on any atom is -0.488 e. The van der Waals surface area contributed by atoms with Crippen LogP contribution in [0.2, 0.25) is 0 Å². The highest BCUT2D eigenvalue weighted by Crippen LogP contribution is 2.34.